The van der Waals surface area contributed by atoms with Gasteiger partial charge in [0.2, 0.25) is 16.8 Å². The molecule has 1 N–H and O–H groups in total. The maximum absolute atomic E-state index is 14.5. The van der Waals surface area contributed by atoms with Crippen LogP contribution in [0.25, 0.3) is 10.1 Å². The van der Waals surface area contributed by atoms with Gasteiger partial charge in [0.15, 0.2) is 17.8 Å². The summed E-state index contributed by atoms with van der Waals surface area (Å²) in [7, 11) is -4.11. The normalized spacial score (nSPS) is 25.9. The van der Waals surface area contributed by atoms with Crippen LogP contribution in [-0.2, 0) is 37.3 Å². The average molecular weight is 779 g/mol. The van der Waals surface area contributed by atoms with Crippen LogP contribution in [0.4, 0.5) is 4.79 Å². The molecule has 12 nitrogen and oxygen atoms in total. The summed E-state index contributed by atoms with van der Waals surface area (Å²) in [5, 5.41) is 14.4. The Labute approximate surface area is 319 Å². The van der Waals surface area contributed by atoms with Crippen molar-refractivity contribution in [1.29, 1.82) is 0 Å². The monoisotopic (exact) mass is 778 g/mol. The van der Waals surface area contributed by atoms with Gasteiger partial charge in [-0.25, -0.2) is 13.2 Å². The number of rotatable bonds is 12. The molecule has 14 heteroatoms. The minimum atomic E-state index is -4.11. The maximum Gasteiger partial charge on any atom is 0.410 e. The van der Waals surface area contributed by atoms with Gasteiger partial charge in [-0.2, -0.15) is 4.31 Å². The molecule has 3 fully saturated rings. The molecular formula is C40H46N2O10S2. The van der Waals surface area contributed by atoms with Crippen LogP contribution >= 0.6 is 11.3 Å². The lowest BCUT2D eigenvalue weighted by atomic mass is 9.69. The largest absolute Gasteiger partial charge is 0.489 e. The summed E-state index contributed by atoms with van der Waals surface area (Å²) < 4.78 is 67.9. The van der Waals surface area contributed by atoms with Crippen molar-refractivity contribution in [2.45, 2.75) is 75.7 Å². The highest BCUT2D eigenvalue weighted by atomic mass is 32.2. The molecule has 8 rings (SSSR count). The van der Waals surface area contributed by atoms with Crippen molar-refractivity contribution in [3.8, 4) is 17.2 Å². The van der Waals surface area contributed by atoms with Crippen molar-refractivity contribution >= 4 is 37.5 Å². The van der Waals surface area contributed by atoms with Crippen LogP contribution in [0.15, 0.2) is 77.0 Å². The Bertz CT molecular complexity index is 2120. The van der Waals surface area contributed by atoms with Gasteiger partial charge < -0.3 is 33.5 Å². The van der Waals surface area contributed by atoms with Gasteiger partial charge in [-0.1, -0.05) is 44.2 Å². The molecule has 5 heterocycles. The number of fused-ring (bicyclic) bond motifs is 3. The molecule has 0 unspecified atom stereocenters. The number of thiophene rings is 1. The molecule has 0 bridgehead atoms. The summed E-state index contributed by atoms with van der Waals surface area (Å²) in [5.41, 5.74) is -0.565. The third kappa shape index (κ3) is 6.60. The van der Waals surface area contributed by atoms with Gasteiger partial charge in [0.05, 0.1) is 29.8 Å². The van der Waals surface area contributed by atoms with Crippen LogP contribution in [0.3, 0.4) is 0 Å². The van der Waals surface area contributed by atoms with Gasteiger partial charge in [-0.15, -0.1) is 11.3 Å². The third-order valence-electron chi connectivity index (χ3n) is 11.1. The fourth-order valence-corrected chi connectivity index (χ4v) is 11.4. The second-order valence-corrected chi connectivity index (χ2v) is 18.2. The first-order valence-corrected chi connectivity index (χ1v) is 20.7. The number of ether oxygens (including phenoxy) is 6. The van der Waals surface area contributed by atoms with E-state index in [1.165, 1.54) is 31.4 Å². The van der Waals surface area contributed by atoms with E-state index in [2.05, 4.69) is 17.5 Å². The summed E-state index contributed by atoms with van der Waals surface area (Å²) in [6, 6.07) is 20.6. The predicted octanol–water partition coefficient (Wildman–Crippen LogP) is 6.96. The van der Waals surface area contributed by atoms with Gasteiger partial charge in [-0.05, 0) is 79.3 Å². The Morgan fingerprint density at radius 1 is 1.06 bits per heavy atom. The van der Waals surface area contributed by atoms with Crippen molar-refractivity contribution < 1.29 is 46.7 Å². The Balaban J connectivity index is 1.16. The van der Waals surface area contributed by atoms with E-state index in [1.54, 1.807) is 31.3 Å². The first kappa shape index (κ1) is 37.0. The van der Waals surface area contributed by atoms with Crippen LogP contribution in [0.5, 0.6) is 17.2 Å². The Morgan fingerprint density at radius 2 is 1.83 bits per heavy atom. The SMILES string of the molecule is CC(C)CN(C[C@H]1OC(C)(C)N(C(=O)O)[C@@]1(Cc1ccc(OCc2csc3ccccc23)cc1)[C@@H]1CO[C@H]2OCC[C@H]21)S(=O)(=O)c1ccc2c(c1)OCO2. The molecule has 0 spiro atoms. The Hall–Kier alpha value is -3.92. The van der Waals surface area contributed by atoms with E-state index < -0.39 is 39.8 Å². The molecular weight excluding hydrogens is 733 g/mol. The zero-order valence-corrected chi connectivity index (χ0v) is 32.4. The van der Waals surface area contributed by atoms with Crippen molar-refractivity contribution in [3.63, 3.8) is 0 Å². The van der Waals surface area contributed by atoms with Gasteiger partial charge in [0.1, 0.15) is 18.1 Å². The fraction of sp³-hybridized carbons (Fsp3) is 0.475. The van der Waals surface area contributed by atoms with Crippen LogP contribution in [0.2, 0.25) is 0 Å². The minimum Gasteiger partial charge on any atom is -0.489 e. The van der Waals surface area contributed by atoms with E-state index in [4.69, 9.17) is 28.4 Å². The lowest BCUT2D eigenvalue weighted by Gasteiger charge is -2.47. The highest BCUT2D eigenvalue weighted by molar-refractivity contribution is 7.89. The van der Waals surface area contributed by atoms with E-state index >= 15 is 0 Å². The molecule has 0 saturated carbocycles. The van der Waals surface area contributed by atoms with Crippen LogP contribution in [-0.4, -0.2) is 85.6 Å². The number of benzene rings is 3. The second-order valence-electron chi connectivity index (χ2n) is 15.4. The summed E-state index contributed by atoms with van der Waals surface area (Å²) in [4.78, 5) is 15.0. The zero-order chi connectivity index (χ0) is 37.8. The van der Waals surface area contributed by atoms with Gasteiger partial charge in [0.25, 0.3) is 0 Å². The number of amides is 1. The van der Waals surface area contributed by atoms with E-state index in [-0.39, 0.29) is 55.6 Å². The van der Waals surface area contributed by atoms with Crippen LogP contribution in [0.1, 0.15) is 45.2 Å². The molecule has 3 aromatic carbocycles. The summed E-state index contributed by atoms with van der Waals surface area (Å²) in [5.74, 6) is 1.01. The molecule has 3 saturated heterocycles. The van der Waals surface area contributed by atoms with Crippen molar-refractivity contribution in [2.24, 2.45) is 17.8 Å². The van der Waals surface area contributed by atoms with Crippen LogP contribution < -0.4 is 14.2 Å². The molecule has 288 valence electrons. The summed E-state index contributed by atoms with van der Waals surface area (Å²) >= 11 is 1.69. The first-order valence-electron chi connectivity index (χ1n) is 18.4. The molecule has 0 aliphatic carbocycles. The lowest BCUT2D eigenvalue weighted by Crippen LogP contribution is -2.65. The van der Waals surface area contributed by atoms with Gasteiger partial charge in [0, 0.05) is 41.3 Å². The lowest BCUT2D eigenvalue weighted by molar-refractivity contribution is -0.0907. The highest BCUT2D eigenvalue weighted by Crippen LogP contribution is 2.53. The minimum absolute atomic E-state index is 0.0152. The number of sulfonamides is 1. The predicted molar refractivity (Wildman–Crippen MR) is 201 cm³/mol. The number of nitrogens with zero attached hydrogens (tertiary/aromatic N) is 2. The average Bonchev–Trinajstić information content (AvgIpc) is 3.96. The van der Waals surface area contributed by atoms with E-state index in [9.17, 15) is 18.3 Å². The maximum atomic E-state index is 14.5. The van der Waals surface area contributed by atoms with Crippen molar-refractivity contribution in [2.75, 3.05) is 33.1 Å². The smallest absolute Gasteiger partial charge is 0.410 e. The summed E-state index contributed by atoms with van der Waals surface area (Å²) in [6.07, 6.45) is -1.56. The molecule has 5 atom stereocenters. The second kappa shape index (κ2) is 14.3. The third-order valence-corrected chi connectivity index (χ3v) is 13.9. The molecule has 54 heavy (non-hydrogen) atoms. The standard InChI is InChI=1S/C40H46N2O10S2/c1-25(2)19-41(54(45,46)29-13-14-33-34(17-29)51-24-50-33)20-36-40(42(38(43)44)39(3,4)52-36,32-22-49-37-31(32)15-16-47-37)18-26-9-11-28(12-10-26)48-21-27-23-53-35-8-6-5-7-30(27)35/h5-14,17,23,25,31-32,36-37H,15-16,18-22,24H2,1-4H3,(H,43,44)/t31-,32+,36+,37+,40-/m0/s1. The first-order chi connectivity index (χ1) is 25.9. The fourth-order valence-electron chi connectivity index (χ4n) is 8.85. The molecule has 1 aromatic heterocycles. The van der Waals surface area contributed by atoms with Crippen molar-refractivity contribution in [1.82, 2.24) is 9.21 Å². The number of hydrogen-bond donors (Lipinski definition) is 1. The molecule has 1 amide bonds. The molecule has 4 aromatic rings. The number of hydrogen-bond acceptors (Lipinski definition) is 10. The van der Waals surface area contributed by atoms with E-state index in [0.717, 1.165) is 11.1 Å². The topological polar surface area (TPSA) is 133 Å². The molecule has 4 aliphatic heterocycles. The van der Waals surface area contributed by atoms with Crippen LogP contribution in [0, 0.1) is 17.8 Å². The Kier molecular flexibility index (Phi) is 9.80. The van der Waals surface area contributed by atoms with Gasteiger partial charge >= 0.3 is 6.09 Å². The van der Waals surface area contributed by atoms with E-state index in [0.29, 0.717) is 36.9 Å². The summed E-state index contributed by atoms with van der Waals surface area (Å²) in [6.45, 7) is 8.63. The quantitative estimate of drug-likeness (QED) is 0.161. The van der Waals surface area contributed by atoms with Gasteiger partial charge in [-0.3, -0.25) is 4.90 Å². The number of carbonyl (C=O) groups is 1. The Morgan fingerprint density at radius 3 is 2.61 bits per heavy atom. The molecule has 4 aliphatic rings. The zero-order valence-electron chi connectivity index (χ0n) is 30.8. The van der Waals surface area contributed by atoms with Crippen molar-refractivity contribution in [3.05, 3.63) is 83.2 Å². The highest BCUT2D eigenvalue weighted by Gasteiger charge is 2.67. The van der Waals surface area contributed by atoms with E-state index in [1.807, 2.05) is 50.2 Å². The number of carboxylic acid groups (broad SMARTS) is 1. The molecule has 0 radical (unpaired) electrons.